The first-order valence-electron chi connectivity index (χ1n) is 10.9. The number of rotatable bonds is 4. The maximum atomic E-state index is 13.6. The second-order valence-corrected chi connectivity index (χ2v) is 8.76. The van der Waals surface area contributed by atoms with Crippen LogP contribution >= 0.6 is 0 Å². The van der Waals surface area contributed by atoms with Gasteiger partial charge in [-0.05, 0) is 64.7 Å². The molecule has 0 amide bonds. The average molecular weight is 454 g/mol. The second-order valence-electron chi connectivity index (χ2n) is 8.76. The molecule has 1 fully saturated rings. The molecule has 4 atom stereocenters. The van der Waals surface area contributed by atoms with Crippen LogP contribution in [0, 0.1) is 11.8 Å². The largest absolute Gasteiger partial charge is 0.508 e. The minimum absolute atomic E-state index is 0.0737. The van der Waals surface area contributed by atoms with Gasteiger partial charge in [-0.15, -0.1) is 0 Å². The Labute approximate surface area is 195 Å². The summed E-state index contributed by atoms with van der Waals surface area (Å²) < 4.78 is 0. The Morgan fingerprint density at radius 2 is 1.15 bits per heavy atom. The van der Waals surface area contributed by atoms with E-state index < -0.39 is 23.7 Å². The number of Topliss-reactive ketones (excluding diaryl/α,β-unsaturated/α-hetero) is 1. The van der Waals surface area contributed by atoms with Gasteiger partial charge in [0.1, 0.15) is 23.0 Å². The molecule has 0 unspecified atom stereocenters. The predicted octanol–water partition coefficient (Wildman–Crippen LogP) is 4.41. The van der Waals surface area contributed by atoms with Crippen LogP contribution in [0.25, 0.3) is 6.08 Å². The zero-order valence-electron chi connectivity index (χ0n) is 18.0. The van der Waals surface area contributed by atoms with Gasteiger partial charge in [0.15, 0.2) is 11.6 Å². The Morgan fingerprint density at radius 1 is 0.588 bits per heavy atom. The third-order valence-corrected chi connectivity index (χ3v) is 6.64. The number of carbonyl (C=O) groups is 2. The van der Waals surface area contributed by atoms with Crippen LogP contribution in [0.3, 0.4) is 0 Å². The van der Waals surface area contributed by atoms with E-state index in [1.165, 1.54) is 36.4 Å². The van der Waals surface area contributed by atoms with Crippen molar-refractivity contribution in [2.75, 3.05) is 0 Å². The molecule has 0 radical (unpaired) electrons. The summed E-state index contributed by atoms with van der Waals surface area (Å²) in [5, 5.41) is 39.6. The summed E-state index contributed by atoms with van der Waals surface area (Å²) in [6.45, 7) is 0. The minimum Gasteiger partial charge on any atom is -0.508 e. The van der Waals surface area contributed by atoms with E-state index in [0.717, 1.165) is 11.1 Å². The quantitative estimate of drug-likeness (QED) is 0.434. The van der Waals surface area contributed by atoms with Crippen LogP contribution < -0.4 is 0 Å². The Balaban J connectivity index is 1.63. The van der Waals surface area contributed by atoms with E-state index in [1.54, 1.807) is 48.6 Å². The molecule has 6 heteroatoms. The van der Waals surface area contributed by atoms with Crippen molar-refractivity contribution in [2.45, 2.75) is 11.8 Å². The standard InChI is InChI=1S/C28H22O6/c29-19-7-2-15(3-8-19)1-4-17-13-23(33)27-24(16-5-9-20(30)10-6-16)25(26(17)28(27)34)18-11-21(31)14-22(32)12-18/h1-14,24-27,29-32H/b4-1+/t24-,25-,26-,27+/m1/s1. The average Bonchev–Trinajstić information content (AvgIpc) is 3.02. The Morgan fingerprint density at radius 3 is 1.76 bits per heavy atom. The van der Waals surface area contributed by atoms with Gasteiger partial charge < -0.3 is 20.4 Å². The molecule has 0 aliphatic heterocycles. The lowest BCUT2D eigenvalue weighted by atomic mass is 9.77. The summed E-state index contributed by atoms with van der Waals surface area (Å²) in [4.78, 5) is 26.7. The van der Waals surface area contributed by atoms with Crippen molar-refractivity contribution < 1.29 is 30.0 Å². The van der Waals surface area contributed by atoms with Crippen molar-refractivity contribution in [3.8, 4) is 23.0 Å². The Kier molecular flexibility index (Phi) is 5.21. The summed E-state index contributed by atoms with van der Waals surface area (Å²) in [7, 11) is 0. The summed E-state index contributed by atoms with van der Waals surface area (Å²) in [6.07, 6.45) is 5.01. The number of hydrogen-bond donors (Lipinski definition) is 4. The fourth-order valence-corrected chi connectivity index (χ4v) is 5.23. The molecule has 1 saturated carbocycles. The van der Waals surface area contributed by atoms with E-state index in [0.29, 0.717) is 11.1 Å². The molecule has 0 heterocycles. The van der Waals surface area contributed by atoms with Crippen LogP contribution in [0.15, 0.2) is 84.5 Å². The van der Waals surface area contributed by atoms with Crippen molar-refractivity contribution in [2.24, 2.45) is 11.8 Å². The van der Waals surface area contributed by atoms with Gasteiger partial charge in [0.05, 0.1) is 11.8 Å². The van der Waals surface area contributed by atoms with Gasteiger partial charge in [0, 0.05) is 17.9 Å². The van der Waals surface area contributed by atoms with Crippen molar-refractivity contribution in [1.29, 1.82) is 0 Å². The van der Waals surface area contributed by atoms with Crippen LogP contribution in [0.5, 0.6) is 23.0 Å². The van der Waals surface area contributed by atoms with Gasteiger partial charge in [0.2, 0.25) is 0 Å². The van der Waals surface area contributed by atoms with Gasteiger partial charge in [0.25, 0.3) is 0 Å². The fraction of sp³-hybridized carbons (Fsp3) is 0.143. The molecule has 4 N–H and O–H groups in total. The number of fused-ring (bicyclic) bond motifs is 2. The van der Waals surface area contributed by atoms with Crippen LogP contribution in [-0.4, -0.2) is 32.0 Å². The molecule has 2 aliphatic rings. The fourth-order valence-electron chi connectivity index (χ4n) is 5.23. The molecule has 2 bridgehead atoms. The highest BCUT2D eigenvalue weighted by Crippen LogP contribution is 2.56. The first kappa shape index (κ1) is 21.5. The van der Waals surface area contributed by atoms with E-state index in [2.05, 4.69) is 0 Å². The van der Waals surface area contributed by atoms with Crippen LogP contribution in [0.1, 0.15) is 28.5 Å². The Bertz CT molecular complexity index is 1310. The molecule has 5 rings (SSSR count). The molecule has 34 heavy (non-hydrogen) atoms. The first-order valence-corrected chi connectivity index (χ1v) is 10.9. The first-order chi connectivity index (χ1) is 16.3. The van der Waals surface area contributed by atoms with Gasteiger partial charge >= 0.3 is 0 Å². The summed E-state index contributed by atoms with van der Waals surface area (Å²) in [5.74, 6) is -3.14. The van der Waals surface area contributed by atoms with Crippen LogP contribution in [0.4, 0.5) is 0 Å². The summed E-state index contributed by atoms with van der Waals surface area (Å²) in [6, 6.07) is 17.2. The van der Waals surface area contributed by atoms with Crippen molar-refractivity contribution in [3.05, 3.63) is 101 Å². The maximum absolute atomic E-state index is 13.6. The molecule has 0 aromatic heterocycles. The number of carbonyl (C=O) groups excluding carboxylic acids is 2. The van der Waals surface area contributed by atoms with Crippen LogP contribution in [0.2, 0.25) is 0 Å². The van der Waals surface area contributed by atoms with E-state index in [-0.39, 0.29) is 34.6 Å². The topological polar surface area (TPSA) is 115 Å². The Hall–Kier alpha value is -4.32. The number of benzene rings is 3. The zero-order valence-corrected chi connectivity index (χ0v) is 18.0. The molecule has 170 valence electrons. The third-order valence-electron chi connectivity index (χ3n) is 6.64. The van der Waals surface area contributed by atoms with E-state index in [1.807, 2.05) is 0 Å². The monoisotopic (exact) mass is 454 g/mol. The molecular formula is C28H22O6. The molecule has 3 aromatic carbocycles. The predicted molar refractivity (Wildman–Crippen MR) is 126 cm³/mol. The smallest absolute Gasteiger partial charge is 0.167 e. The van der Waals surface area contributed by atoms with Crippen molar-refractivity contribution in [3.63, 3.8) is 0 Å². The SMILES string of the molecule is O=C1C=C(/C=C/c2ccc(O)cc2)[C@H]2C(=O)[C@@H]1[C@H](c1ccc(O)cc1)[C@H]2c1cc(O)cc(O)c1. The van der Waals surface area contributed by atoms with E-state index in [9.17, 15) is 30.0 Å². The maximum Gasteiger partial charge on any atom is 0.167 e. The number of aromatic hydroxyl groups is 4. The lowest BCUT2D eigenvalue weighted by molar-refractivity contribution is -0.130. The highest BCUT2D eigenvalue weighted by molar-refractivity contribution is 6.15. The molecule has 0 spiro atoms. The number of allylic oxidation sites excluding steroid dienone is 3. The lowest BCUT2D eigenvalue weighted by Gasteiger charge is -2.25. The van der Waals surface area contributed by atoms with Gasteiger partial charge in [-0.2, -0.15) is 0 Å². The number of hydrogen-bond acceptors (Lipinski definition) is 6. The third kappa shape index (κ3) is 3.73. The number of ketones is 2. The van der Waals surface area contributed by atoms with E-state index in [4.69, 9.17) is 0 Å². The van der Waals surface area contributed by atoms with Gasteiger partial charge in [-0.3, -0.25) is 9.59 Å². The normalized spacial score (nSPS) is 23.9. The summed E-state index contributed by atoms with van der Waals surface area (Å²) in [5.41, 5.74) is 2.61. The van der Waals surface area contributed by atoms with Crippen molar-refractivity contribution in [1.82, 2.24) is 0 Å². The van der Waals surface area contributed by atoms with Crippen LogP contribution in [-0.2, 0) is 9.59 Å². The summed E-state index contributed by atoms with van der Waals surface area (Å²) >= 11 is 0. The zero-order chi connectivity index (χ0) is 24.0. The highest BCUT2D eigenvalue weighted by Gasteiger charge is 2.56. The molecule has 0 saturated heterocycles. The van der Waals surface area contributed by atoms with Crippen molar-refractivity contribution >= 4 is 17.6 Å². The van der Waals surface area contributed by atoms with E-state index >= 15 is 0 Å². The number of phenols is 4. The lowest BCUT2D eigenvalue weighted by Crippen LogP contribution is -2.29. The second kappa shape index (κ2) is 8.23. The highest BCUT2D eigenvalue weighted by atomic mass is 16.3. The molecule has 2 aliphatic carbocycles. The van der Waals surface area contributed by atoms with Gasteiger partial charge in [-0.25, -0.2) is 0 Å². The molecule has 3 aromatic rings. The molecular weight excluding hydrogens is 432 g/mol. The minimum atomic E-state index is -0.894. The molecule has 6 nitrogen and oxygen atoms in total. The van der Waals surface area contributed by atoms with Gasteiger partial charge in [-0.1, -0.05) is 36.4 Å². The number of phenolic OH excluding ortho intramolecular Hbond substituents is 4.